The molecular weight excluding hydrogens is 325 g/mol. The van der Waals surface area contributed by atoms with Crippen molar-refractivity contribution in [1.29, 1.82) is 0 Å². The highest BCUT2D eigenvalue weighted by molar-refractivity contribution is 7.14. The second kappa shape index (κ2) is 5.92. The number of aromatic nitrogens is 1. The Bertz CT molecular complexity index is 779. The molecule has 0 saturated heterocycles. The third-order valence-corrected chi connectivity index (χ3v) is 4.30. The molecule has 1 aliphatic carbocycles. The number of nitro groups is 1. The van der Waals surface area contributed by atoms with Crippen LogP contribution in [0.5, 0.6) is 5.75 Å². The first-order valence-electron chi connectivity index (χ1n) is 6.73. The van der Waals surface area contributed by atoms with E-state index in [1.165, 1.54) is 30.6 Å². The SMILES string of the molecule is COc1ccc(-c2csc(NC(=O)[C@H]3C[C@@H]3[N+](=O)[O-])n2)cc1F. The van der Waals surface area contributed by atoms with Crippen molar-refractivity contribution in [3.05, 3.63) is 39.5 Å². The summed E-state index contributed by atoms with van der Waals surface area (Å²) >= 11 is 1.18. The number of amides is 1. The van der Waals surface area contributed by atoms with Crippen LogP contribution in [0.2, 0.25) is 0 Å². The predicted octanol–water partition coefficient (Wildman–Crippen LogP) is 2.56. The molecule has 7 nitrogen and oxygen atoms in total. The van der Waals surface area contributed by atoms with E-state index in [0.717, 1.165) is 0 Å². The molecule has 0 unspecified atom stereocenters. The standard InChI is InChI=1S/C14H12FN3O4S/c1-22-12-3-2-7(4-9(12)15)10-6-23-14(16-10)17-13(19)8-5-11(8)18(20)21/h2-4,6,8,11H,5H2,1H3,(H,16,17,19)/t8-,11-/m0/s1. The lowest BCUT2D eigenvalue weighted by molar-refractivity contribution is -0.497. The minimum Gasteiger partial charge on any atom is -0.494 e. The summed E-state index contributed by atoms with van der Waals surface area (Å²) in [5.74, 6) is -1.38. The Morgan fingerprint density at radius 1 is 1.57 bits per heavy atom. The van der Waals surface area contributed by atoms with Crippen molar-refractivity contribution in [2.75, 3.05) is 12.4 Å². The van der Waals surface area contributed by atoms with Gasteiger partial charge in [0.05, 0.1) is 12.8 Å². The van der Waals surface area contributed by atoms with Crippen LogP contribution in [0, 0.1) is 21.8 Å². The fourth-order valence-electron chi connectivity index (χ4n) is 2.18. The van der Waals surface area contributed by atoms with Gasteiger partial charge in [0, 0.05) is 22.3 Å². The molecule has 3 rings (SSSR count). The molecule has 2 atom stereocenters. The molecule has 1 fully saturated rings. The number of benzene rings is 1. The third kappa shape index (κ3) is 3.14. The zero-order chi connectivity index (χ0) is 16.6. The van der Waals surface area contributed by atoms with E-state index in [9.17, 15) is 19.3 Å². The van der Waals surface area contributed by atoms with E-state index < -0.39 is 28.6 Å². The first-order valence-corrected chi connectivity index (χ1v) is 7.61. The van der Waals surface area contributed by atoms with Crippen molar-refractivity contribution in [2.45, 2.75) is 12.5 Å². The summed E-state index contributed by atoms with van der Waals surface area (Å²) in [6.07, 6.45) is 0.251. The topological polar surface area (TPSA) is 94.4 Å². The number of nitrogens with one attached hydrogen (secondary N) is 1. The van der Waals surface area contributed by atoms with Crippen LogP contribution < -0.4 is 10.1 Å². The number of thiazole rings is 1. The highest BCUT2D eigenvalue weighted by Gasteiger charge is 2.53. The summed E-state index contributed by atoms with van der Waals surface area (Å²) in [6.45, 7) is 0. The van der Waals surface area contributed by atoms with Crippen molar-refractivity contribution in [2.24, 2.45) is 5.92 Å². The van der Waals surface area contributed by atoms with Crippen LogP contribution in [0.25, 0.3) is 11.3 Å². The third-order valence-electron chi connectivity index (χ3n) is 3.55. The second-order valence-corrected chi connectivity index (χ2v) is 5.93. The predicted molar refractivity (Wildman–Crippen MR) is 81.6 cm³/mol. The summed E-state index contributed by atoms with van der Waals surface area (Å²) in [7, 11) is 1.38. The Morgan fingerprint density at radius 2 is 2.35 bits per heavy atom. The number of anilines is 1. The number of hydrogen-bond donors (Lipinski definition) is 1. The molecule has 1 heterocycles. The molecule has 1 saturated carbocycles. The van der Waals surface area contributed by atoms with E-state index in [4.69, 9.17) is 4.74 Å². The van der Waals surface area contributed by atoms with Crippen LogP contribution >= 0.6 is 11.3 Å². The molecule has 1 amide bonds. The maximum absolute atomic E-state index is 13.7. The highest BCUT2D eigenvalue weighted by atomic mass is 32.1. The molecule has 23 heavy (non-hydrogen) atoms. The van der Waals surface area contributed by atoms with E-state index in [2.05, 4.69) is 10.3 Å². The number of carbonyl (C=O) groups excluding carboxylic acids is 1. The monoisotopic (exact) mass is 337 g/mol. The molecular formula is C14H12FN3O4S. The number of methoxy groups -OCH3 is 1. The summed E-state index contributed by atoms with van der Waals surface area (Å²) in [5.41, 5.74) is 1.06. The van der Waals surface area contributed by atoms with Crippen LogP contribution in [0.15, 0.2) is 23.6 Å². The summed E-state index contributed by atoms with van der Waals surface area (Å²) in [5, 5.41) is 15.1. The molecule has 0 radical (unpaired) electrons. The van der Waals surface area contributed by atoms with Crippen LogP contribution in [0.1, 0.15) is 6.42 Å². The summed E-state index contributed by atoms with van der Waals surface area (Å²) < 4.78 is 18.6. The van der Waals surface area contributed by atoms with Gasteiger partial charge >= 0.3 is 0 Å². The fourth-order valence-corrected chi connectivity index (χ4v) is 2.91. The smallest absolute Gasteiger partial charge is 0.236 e. The molecule has 0 bridgehead atoms. The molecule has 2 aromatic rings. The van der Waals surface area contributed by atoms with Gasteiger partial charge in [0.1, 0.15) is 5.92 Å². The van der Waals surface area contributed by atoms with Gasteiger partial charge in [0.2, 0.25) is 11.9 Å². The van der Waals surface area contributed by atoms with Gasteiger partial charge in [0.15, 0.2) is 16.7 Å². The van der Waals surface area contributed by atoms with Gasteiger partial charge in [-0.05, 0) is 18.2 Å². The van der Waals surface area contributed by atoms with E-state index in [0.29, 0.717) is 16.4 Å². The molecule has 0 aliphatic heterocycles. The maximum atomic E-state index is 13.7. The lowest BCUT2D eigenvalue weighted by Crippen LogP contribution is -2.18. The van der Waals surface area contributed by atoms with Crippen LogP contribution in [-0.2, 0) is 4.79 Å². The van der Waals surface area contributed by atoms with Crippen molar-refractivity contribution >= 4 is 22.4 Å². The van der Waals surface area contributed by atoms with E-state index >= 15 is 0 Å². The van der Waals surface area contributed by atoms with E-state index in [1.54, 1.807) is 11.4 Å². The number of rotatable bonds is 5. The maximum Gasteiger partial charge on any atom is 0.236 e. The minimum atomic E-state index is -0.801. The van der Waals surface area contributed by atoms with Gasteiger partial charge in [-0.2, -0.15) is 0 Å². The molecule has 0 spiro atoms. The number of carbonyl (C=O) groups is 1. The minimum absolute atomic E-state index is 0.136. The molecule has 1 aliphatic rings. The van der Waals surface area contributed by atoms with Gasteiger partial charge in [-0.3, -0.25) is 14.9 Å². The zero-order valence-corrected chi connectivity index (χ0v) is 12.8. The lowest BCUT2D eigenvalue weighted by Gasteiger charge is -2.03. The molecule has 1 N–H and O–H groups in total. The molecule has 120 valence electrons. The molecule has 1 aromatic heterocycles. The van der Waals surface area contributed by atoms with Gasteiger partial charge in [-0.1, -0.05) is 0 Å². The first kappa shape index (κ1) is 15.3. The van der Waals surface area contributed by atoms with Crippen molar-refractivity contribution in [3.63, 3.8) is 0 Å². The highest BCUT2D eigenvalue weighted by Crippen LogP contribution is 2.35. The number of nitrogens with zero attached hydrogens (tertiary/aromatic N) is 2. The normalized spacial score (nSPS) is 19.2. The number of hydrogen-bond acceptors (Lipinski definition) is 6. The largest absolute Gasteiger partial charge is 0.494 e. The Balaban J connectivity index is 1.70. The Hall–Kier alpha value is -2.55. The van der Waals surface area contributed by atoms with E-state index in [-0.39, 0.29) is 12.2 Å². The first-order chi connectivity index (χ1) is 11.0. The van der Waals surface area contributed by atoms with Crippen molar-refractivity contribution in [3.8, 4) is 17.0 Å². The van der Waals surface area contributed by atoms with Crippen LogP contribution in [0.4, 0.5) is 9.52 Å². The average molecular weight is 337 g/mol. The zero-order valence-electron chi connectivity index (χ0n) is 12.0. The van der Waals surface area contributed by atoms with E-state index in [1.807, 2.05) is 0 Å². The van der Waals surface area contributed by atoms with Crippen molar-refractivity contribution < 1.29 is 18.8 Å². The Morgan fingerprint density at radius 3 is 2.96 bits per heavy atom. The van der Waals surface area contributed by atoms with Gasteiger partial charge < -0.3 is 10.1 Å². The Labute approximate surface area is 134 Å². The van der Waals surface area contributed by atoms with Crippen LogP contribution in [0.3, 0.4) is 0 Å². The fraction of sp³-hybridized carbons (Fsp3) is 0.286. The summed E-state index contributed by atoms with van der Waals surface area (Å²) in [6, 6.07) is 3.65. The van der Waals surface area contributed by atoms with Gasteiger partial charge in [-0.15, -0.1) is 11.3 Å². The second-order valence-electron chi connectivity index (χ2n) is 5.07. The van der Waals surface area contributed by atoms with Gasteiger partial charge in [0.25, 0.3) is 0 Å². The molecule has 1 aromatic carbocycles. The van der Waals surface area contributed by atoms with Gasteiger partial charge in [-0.25, -0.2) is 9.37 Å². The lowest BCUT2D eigenvalue weighted by atomic mass is 10.1. The number of ether oxygens (including phenoxy) is 1. The average Bonchev–Trinajstić information content (AvgIpc) is 3.21. The quantitative estimate of drug-likeness (QED) is 0.668. The Kier molecular flexibility index (Phi) is 3.95. The number of halogens is 1. The molecule has 9 heteroatoms. The van der Waals surface area contributed by atoms with Crippen LogP contribution in [-0.4, -0.2) is 29.0 Å². The summed E-state index contributed by atoms with van der Waals surface area (Å²) in [4.78, 5) is 26.2. The van der Waals surface area contributed by atoms with Crippen molar-refractivity contribution in [1.82, 2.24) is 4.98 Å².